The fourth-order valence-corrected chi connectivity index (χ4v) is 1.39. The van der Waals surface area contributed by atoms with E-state index in [0.29, 0.717) is 17.2 Å². The maximum Gasteiger partial charge on any atom is 0.328 e. The van der Waals surface area contributed by atoms with Gasteiger partial charge in [-0.3, -0.25) is 0 Å². The molecule has 0 fully saturated rings. The van der Waals surface area contributed by atoms with Gasteiger partial charge in [0.25, 0.3) is 0 Å². The highest BCUT2D eigenvalue weighted by atomic mass is 16.6. The lowest BCUT2D eigenvalue weighted by Crippen LogP contribution is -2.38. The first-order chi connectivity index (χ1) is 8.51. The number of benzene rings is 1. The number of methoxy groups -OCH3 is 2. The van der Waals surface area contributed by atoms with Crippen LogP contribution in [-0.2, 0) is 4.79 Å². The van der Waals surface area contributed by atoms with Crippen molar-refractivity contribution in [2.45, 2.75) is 19.9 Å². The summed E-state index contributed by atoms with van der Waals surface area (Å²) in [4.78, 5) is 11.8. The second-order valence-electron chi connectivity index (χ2n) is 4.18. The summed E-state index contributed by atoms with van der Waals surface area (Å²) < 4.78 is 15.5. The molecule has 1 unspecified atom stereocenters. The Bertz CT molecular complexity index is 417. The third-order valence-electron chi connectivity index (χ3n) is 2.57. The molecule has 0 saturated heterocycles. The fourth-order valence-electron chi connectivity index (χ4n) is 1.39. The van der Waals surface area contributed by atoms with Gasteiger partial charge in [-0.25, -0.2) is 4.79 Å². The minimum Gasteiger partial charge on any atom is -0.493 e. The van der Waals surface area contributed by atoms with Crippen LogP contribution in [0, 0.1) is 5.92 Å². The second-order valence-corrected chi connectivity index (χ2v) is 4.18. The van der Waals surface area contributed by atoms with Gasteiger partial charge >= 0.3 is 5.97 Å². The van der Waals surface area contributed by atoms with Crippen LogP contribution in [0.5, 0.6) is 17.2 Å². The van der Waals surface area contributed by atoms with E-state index in [1.807, 2.05) is 13.8 Å². The number of carbonyl (C=O) groups excluding carboxylic acids is 1. The molecule has 1 aromatic rings. The average Bonchev–Trinajstić information content (AvgIpc) is 2.37. The van der Waals surface area contributed by atoms with E-state index < -0.39 is 12.0 Å². The third-order valence-corrected chi connectivity index (χ3v) is 2.57. The van der Waals surface area contributed by atoms with Crippen molar-refractivity contribution in [3.8, 4) is 17.2 Å². The van der Waals surface area contributed by atoms with Crippen molar-refractivity contribution in [3.63, 3.8) is 0 Å². The smallest absolute Gasteiger partial charge is 0.328 e. The highest BCUT2D eigenvalue weighted by Gasteiger charge is 2.22. The molecule has 0 spiro atoms. The topological polar surface area (TPSA) is 70.8 Å². The van der Waals surface area contributed by atoms with Gasteiger partial charge in [-0.1, -0.05) is 19.9 Å². The molecule has 0 aliphatic heterocycles. The van der Waals surface area contributed by atoms with Gasteiger partial charge in [0.2, 0.25) is 5.75 Å². The van der Waals surface area contributed by atoms with E-state index in [4.69, 9.17) is 19.9 Å². The first-order valence-corrected chi connectivity index (χ1v) is 5.69. The second kappa shape index (κ2) is 6.26. The summed E-state index contributed by atoms with van der Waals surface area (Å²) in [7, 11) is 3.00. The molecule has 1 aromatic carbocycles. The molecule has 0 amide bonds. The molecule has 1 rings (SSSR count). The SMILES string of the molecule is COc1cccc(OC(=O)C(N)C(C)C)c1OC. The molecule has 1 atom stereocenters. The Hall–Kier alpha value is -1.75. The van der Waals surface area contributed by atoms with Crippen molar-refractivity contribution >= 4 is 5.97 Å². The number of para-hydroxylation sites is 1. The lowest BCUT2D eigenvalue weighted by molar-refractivity contribution is -0.136. The van der Waals surface area contributed by atoms with Gasteiger partial charge in [-0.05, 0) is 18.1 Å². The van der Waals surface area contributed by atoms with E-state index in [-0.39, 0.29) is 5.92 Å². The minimum absolute atomic E-state index is 0.00843. The summed E-state index contributed by atoms with van der Waals surface area (Å²) in [6.45, 7) is 3.71. The normalized spacial score (nSPS) is 12.1. The number of esters is 1. The van der Waals surface area contributed by atoms with E-state index in [1.54, 1.807) is 18.2 Å². The van der Waals surface area contributed by atoms with Crippen LogP contribution in [0.15, 0.2) is 18.2 Å². The minimum atomic E-state index is -0.666. The van der Waals surface area contributed by atoms with Crippen molar-refractivity contribution in [2.24, 2.45) is 11.7 Å². The van der Waals surface area contributed by atoms with Crippen LogP contribution in [0.4, 0.5) is 0 Å². The van der Waals surface area contributed by atoms with E-state index in [0.717, 1.165) is 0 Å². The molecule has 0 aliphatic carbocycles. The summed E-state index contributed by atoms with van der Waals surface area (Å²) in [6, 6.07) is 4.40. The number of nitrogens with two attached hydrogens (primary N) is 1. The van der Waals surface area contributed by atoms with Gasteiger partial charge in [-0.15, -0.1) is 0 Å². The lowest BCUT2D eigenvalue weighted by Gasteiger charge is -2.16. The Balaban J connectivity index is 2.94. The summed E-state index contributed by atoms with van der Waals surface area (Å²) in [5.74, 6) is 0.703. The van der Waals surface area contributed by atoms with Crippen molar-refractivity contribution in [1.82, 2.24) is 0 Å². The molecule has 2 N–H and O–H groups in total. The Morgan fingerprint density at radius 1 is 1.17 bits per heavy atom. The van der Waals surface area contributed by atoms with Crippen LogP contribution in [0.25, 0.3) is 0 Å². The van der Waals surface area contributed by atoms with Crippen molar-refractivity contribution in [1.29, 1.82) is 0 Å². The van der Waals surface area contributed by atoms with Gasteiger partial charge in [-0.2, -0.15) is 0 Å². The van der Waals surface area contributed by atoms with Crippen LogP contribution >= 0.6 is 0 Å². The zero-order valence-electron chi connectivity index (χ0n) is 11.1. The number of rotatable bonds is 5. The van der Waals surface area contributed by atoms with Crippen LogP contribution in [0.2, 0.25) is 0 Å². The third kappa shape index (κ3) is 3.13. The number of ether oxygens (including phenoxy) is 3. The zero-order valence-corrected chi connectivity index (χ0v) is 11.1. The molecular formula is C13H19NO4. The maximum absolute atomic E-state index is 11.8. The molecule has 5 heteroatoms. The van der Waals surface area contributed by atoms with Gasteiger partial charge in [0.15, 0.2) is 11.5 Å². The van der Waals surface area contributed by atoms with Crippen LogP contribution in [0.1, 0.15) is 13.8 Å². The lowest BCUT2D eigenvalue weighted by atomic mass is 10.1. The summed E-state index contributed by atoms with van der Waals surface area (Å²) in [6.07, 6.45) is 0. The molecular weight excluding hydrogens is 234 g/mol. The number of carbonyl (C=O) groups is 1. The Morgan fingerprint density at radius 3 is 2.28 bits per heavy atom. The first-order valence-electron chi connectivity index (χ1n) is 5.69. The maximum atomic E-state index is 11.8. The van der Waals surface area contributed by atoms with E-state index >= 15 is 0 Å². The van der Waals surface area contributed by atoms with Crippen molar-refractivity contribution in [3.05, 3.63) is 18.2 Å². The largest absolute Gasteiger partial charge is 0.493 e. The molecule has 0 saturated carbocycles. The quantitative estimate of drug-likeness (QED) is 0.637. The van der Waals surface area contributed by atoms with Gasteiger partial charge in [0.05, 0.1) is 14.2 Å². The molecule has 18 heavy (non-hydrogen) atoms. The Labute approximate surface area is 107 Å². The fraction of sp³-hybridized carbons (Fsp3) is 0.462. The molecule has 0 radical (unpaired) electrons. The summed E-state index contributed by atoms with van der Waals surface area (Å²) in [5, 5.41) is 0. The van der Waals surface area contributed by atoms with Gasteiger partial charge < -0.3 is 19.9 Å². The molecule has 5 nitrogen and oxygen atoms in total. The molecule has 0 heterocycles. The van der Waals surface area contributed by atoms with Crippen LogP contribution in [-0.4, -0.2) is 26.2 Å². The summed E-state index contributed by atoms with van der Waals surface area (Å²) in [5.41, 5.74) is 5.72. The van der Waals surface area contributed by atoms with E-state index in [1.165, 1.54) is 14.2 Å². The Kier molecular flexibility index (Phi) is 4.97. The highest BCUT2D eigenvalue weighted by Crippen LogP contribution is 2.36. The zero-order chi connectivity index (χ0) is 13.7. The standard InChI is InChI=1S/C13H19NO4/c1-8(2)11(14)13(15)18-10-7-5-6-9(16-3)12(10)17-4/h5-8,11H,14H2,1-4H3. The van der Waals surface area contributed by atoms with Crippen molar-refractivity contribution < 1.29 is 19.0 Å². The predicted molar refractivity (Wildman–Crippen MR) is 68.0 cm³/mol. The van der Waals surface area contributed by atoms with Crippen LogP contribution < -0.4 is 19.9 Å². The number of hydrogen-bond donors (Lipinski definition) is 1. The molecule has 0 aliphatic rings. The Morgan fingerprint density at radius 2 is 1.78 bits per heavy atom. The van der Waals surface area contributed by atoms with Gasteiger partial charge in [0, 0.05) is 0 Å². The predicted octanol–water partition coefficient (Wildman–Crippen LogP) is 1.59. The highest BCUT2D eigenvalue weighted by molar-refractivity contribution is 5.79. The van der Waals surface area contributed by atoms with E-state index in [2.05, 4.69) is 0 Å². The molecule has 100 valence electrons. The average molecular weight is 253 g/mol. The monoisotopic (exact) mass is 253 g/mol. The molecule has 0 aromatic heterocycles. The van der Waals surface area contributed by atoms with Gasteiger partial charge in [0.1, 0.15) is 6.04 Å². The summed E-state index contributed by atoms with van der Waals surface area (Å²) >= 11 is 0. The molecule has 0 bridgehead atoms. The van der Waals surface area contributed by atoms with Crippen molar-refractivity contribution in [2.75, 3.05) is 14.2 Å². The first kappa shape index (κ1) is 14.3. The van der Waals surface area contributed by atoms with E-state index in [9.17, 15) is 4.79 Å². The number of hydrogen-bond acceptors (Lipinski definition) is 5. The van der Waals surface area contributed by atoms with Crippen LogP contribution in [0.3, 0.4) is 0 Å².